The lowest BCUT2D eigenvalue weighted by Gasteiger charge is -2.16. The zero-order chi connectivity index (χ0) is 13.8. The van der Waals surface area contributed by atoms with Crippen LogP contribution in [0.2, 0.25) is 0 Å². The molecule has 102 valence electrons. The molecule has 1 aliphatic heterocycles. The van der Waals surface area contributed by atoms with E-state index in [0.29, 0.717) is 12.4 Å². The molecule has 0 unspecified atom stereocenters. The van der Waals surface area contributed by atoms with Crippen molar-refractivity contribution < 1.29 is 14.6 Å². The third kappa shape index (κ3) is 3.52. The van der Waals surface area contributed by atoms with Gasteiger partial charge in [0.2, 0.25) is 0 Å². The Morgan fingerprint density at radius 2 is 2.47 bits per heavy atom. The van der Waals surface area contributed by atoms with E-state index in [1.807, 2.05) is 18.2 Å². The van der Waals surface area contributed by atoms with E-state index < -0.39 is 12.0 Å². The van der Waals surface area contributed by atoms with Gasteiger partial charge in [0.25, 0.3) is 0 Å². The predicted octanol–water partition coefficient (Wildman–Crippen LogP) is 2.80. The first-order valence-electron chi connectivity index (χ1n) is 5.75. The summed E-state index contributed by atoms with van der Waals surface area (Å²) in [4.78, 5) is 11.0. The van der Waals surface area contributed by atoms with Crippen molar-refractivity contribution in [2.75, 3.05) is 12.4 Å². The summed E-state index contributed by atoms with van der Waals surface area (Å²) in [7, 11) is 0. The molecule has 1 saturated heterocycles. The van der Waals surface area contributed by atoms with Gasteiger partial charge in [-0.05, 0) is 18.2 Å². The summed E-state index contributed by atoms with van der Waals surface area (Å²) in [6, 6.07) is 5.21. The molecule has 2 N–H and O–H groups in total. The Balaban J connectivity index is 2.20. The van der Waals surface area contributed by atoms with Crippen LogP contribution in [-0.4, -0.2) is 29.5 Å². The number of carboxylic acids is 1. The molecule has 0 radical (unpaired) electrons. The van der Waals surface area contributed by atoms with E-state index >= 15 is 0 Å². The Morgan fingerprint density at radius 3 is 3.11 bits per heavy atom. The molecule has 0 spiro atoms. The molecule has 0 amide bonds. The van der Waals surface area contributed by atoms with Crippen molar-refractivity contribution in [1.82, 2.24) is 5.32 Å². The largest absolute Gasteiger partial charge is 0.489 e. The molecule has 2 atom stereocenters. The van der Waals surface area contributed by atoms with E-state index in [1.54, 1.807) is 17.8 Å². The van der Waals surface area contributed by atoms with Gasteiger partial charge in [-0.2, -0.15) is 0 Å². The van der Waals surface area contributed by atoms with Gasteiger partial charge in [0.1, 0.15) is 18.4 Å². The van der Waals surface area contributed by atoms with Crippen LogP contribution >= 0.6 is 27.7 Å². The predicted molar refractivity (Wildman–Crippen MR) is 79.6 cm³/mol. The zero-order valence-corrected chi connectivity index (χ0v) is 12.5. The molecule has 1 heterocycles. The number of hydrogen-bond acceptors (Lipinski definition) is 4. The molecule has 4 nitrogen and oxygen atoms in total. The van der Waals surface area contributed by atoms with Gasteiger partial charge in [-0.25, -0.2) is 0 Å². The van der Waals surface area contributed by atoms with Crippen molar-refractivity contribution in [2.24, 2.45) is 0 Å². The zero-order valence-electron chi connectivity index (χ0n) is 10.1. The van der Waals surface area contributed by atoms with Crippen LogP contribution in [0.1, 0.15) is 10.9 Å². The monoisotopic (exact) mass is 343 g/mol. The van der Waals surface area contributed by atoms with Crippen molar-refractivity contribution >= 4 is 33.7 Å². The minimum atomic E-state index is -0.821. The van der Waals surface area contributed by atoms with E-state index in [9.17, 15) is 4.79 Å². The fourth-order valence-electron chi connectivity index (χ4n) is 1.80. The van der Waals surface area contributed by atoms with Gasteiger partial charge < -0.3 is 9.84 Å². The highest BCUT2D eigenvalue weighted by Gasteiger charge is 2.31. The maximum Gasteiger partial charge on any atom is 0.321 e. The van der Waals surface area contributed by atoms with Gasteiger partial charge in [0.05, 0.1) is 5.37 Å². The highest BCUT2D eigenvalue weighted by molar-refractivity contribution is 9.10. The Morgan fingerprint density at radius 1 is 1.68 bits per heavy atom. The van der Waals surface area contributed by atoms with Crippen molar-refractivity contribution in [1.29, 1.82) is 0 Å². The fraction of sp³-hybridized carbons (Fsp3) is 0.308. The SMILES string of the molecule is C=CCOc1ccc(Br)cc1[C@@H]1N[C@@H](C(=O)O)CS1. The van der Waals surface area contributed by atoms with Crippen LogP contribution in [0.5, 0.6) is 5.75 Å². The third-order valence-electron chi connectivity index (χ3n) is 2.69. The minimum absolute atomic E-state index is 0.0709. The van der Waals surface area contributed by atoms with Gasteiger partial charge in [0.15, 0.2) is 0 Å². The average molecular weight is 344 g/mol. The van der Waals surface area contributed by atoms with Crippen molar-refractivity contribution in [2.45, 2.75) is 11.4 Å². The van der Waals surface area contributed by atoms with Gasteiger partial charge in [-0.1, -0.05) is 28.6 Å². The summed E-state index contributed by atoms with van der Waals surface area (Å²) < 4.78 is 6.55. The van der Waals surface area contributed by atoms with Gasteiger partial charge in [-0.3, -0.25) is 10.1 Å². The summed E-state index contributed by atoms with van der Waals surface area (Å²) in [5, 5.41) is 12.0. The van der Waals surface area contributed by atoms with E-state index in [4.69, 9.17) is 9.84 Å². The van der Waals surface area contributed by atoms with Gasteiger partial charge >= 0.3 is 5.97 Å². The van der Waals surface area contributed by atoms with Crippen LogP contribution in [-0.2, 0) is 4.79 Å². The molecule has 6 heteroatoms. The number of carbonyl (C=O) groups is 1. The second-order valence-electron chi connectivity index (χ2n) is 4.05. The second-order valence-corrected chi connectivity index (χ2v) is 6.11. The molecule has 1 aromatic carbocycles. The highest BCUT2D eigenvalue weighted by atomic mass is 79.9. The summed E-state index contributed by atoms with van der Waals surface area (Å²) in [5.41, 5.74) is 0.949. The normalized spacial score (nSPS) is 22.2. The van der Waals surface area contributed by atoms with E-state index in [2.05, 4.69) is 27.8 Å². The smallest absolute Gasteiger partial charge is 0.321 e. The number of benzene rings is 1. The van der Waals surface area contributed by atoms with Crippen molar-refractivity contribution in [3.63, 3.8) is 0 Å². The standard InChI is InChI=1S/C13H14BrNO3S/c1-2-5-18-11-4-3-8(14)6-9(11)12-15-10(7-19-12)13(16)17/h2-4,6,10,12,15H,1,5,7H2,(H,16,17)/t10-,12-/m1/s1. The number of carboxylic acid groups (broad SMARTS) is 1. The topological polar surface area (TPSA) is 58.6 Å². The molecule has 19 heavy (non-hydrogen) atoms. The number of ether oxygens (including phenoxy) is 1. The minimum Gasteiger partial charge on any atom is -0.489 e. The van der Waals surface area contributed by atoms with Crippen LogP contribution in [0.4, 0.5) is 0 Å². The Labute approximate surface area is 124 Å². The molecule has 1 aliphatic rings. The second kappa shape index (κ2) is 6.45. The summed E-state index contributed by atoms with van der Waals surface area (Å²) in [5.74, 6) is 0.477. The maximum absolute atomic E-state index is 11.0. The van der Waals surface area contributed by atoms with Gasteiger partial charge in [-0.15, -0.1) is 11.8 Å². The van der Waals surface area contributed by atoms with Crippen molar-refractivity contribution in [3.8, 4) is 5.75 Å². The Kier molecular flexibility index (Phi) is 4.90. The van der Waals surface area contributed by atoms with Crippen molar-refractivity contribution in [3.05, 3.63) is 40.9 Å². The summed E-state index contributed by atoms with van der Waals surface area (Å²) in [6.45, 7) is 4.05. The average Bonchev–Trinajstić information content (AvgIpc) is 2.87. The number of rotatable bonds is 5. The maximum atomic E-state index is 11.0. The molecule has 1 fully saturated rings. The van der Waals surface area contributed by atoms with Crippen LogP contribution < -0.4 is 10.1 Å². The number of nitrogens with one attached hydrogen (secondary N) is 1. The lowest BCUT2D eigenvalue weighted by molar-refractivity contribution is -0.138. The lowest BCUT2D eigenvalue weighted by Crippen LogP contribution is -2.33. The molecule has 2 rings (SSSR count). The van der Waals surface area contributed by atoms with E-state index in [1.165, 1.54) is 0 Å². The lowest BCUT2D eigenvalue weighted by atomic mass is 10.2. The Bertz CT molecular complexity index is 495. The van der Waals surface area contributed by atoms with E-state index in [-0.39, 0.29) is 5.37 Å². The number of hydrogen-bond donors (Lipinski definition) is 2. The summed E-state index contributed by atoms with van der Waals surface area (Å²) in [6.07, 6.45) is 1.68. The first-order chi connectivity index (χ1) is 9.11. The quantitative estimate of drug-likeness (QED) is 0.805. The molecule has 0 bridgehead atoms. The molecular formula is C13H14BrNO3S. The third-order valence-corrected chi connectivity index (χ3v) is 4.43. The first-order valence-corrected chi connectivity index (χ1v) is 7.59. The van der Waals surface area contributed by atoms with Crippen LogP contribution in [0.25, 0.3) is 0 Å². The number of aliphatic carboxylic acids is 1. The van der Waals surface area contributed by atoms with E-state index in [0.717, 1.165) is 15.8 Å². The summed E-state index contributed by atoms with van der Waals surface area (Å²) >= 11 is 5.00. The van der Waals surface area contributed by atoms with Gasteiger partial charge in [0, 0.05) is 15.8 Å². The molecular weight excluding hydrogens is 330 g/mol. The van der Waals surface area contributed by atoms with Crippen LogP contribution in [0.3, 0.4) is 0 Å². The fourth-order valence-corrected chi connectivity index (χ4v) is 3.42. The molecule has 0 aliphatic carbocycles. The molecule has 0 aromatic heterocycles. The number of halogens is 1. The highest BCUT2D eigenvalue weighted by Crippen LogP contribution is 2.39. The molecule has 0 saturated carbocycles. The first kappa shape index (κ1) is 14.4. The van der Waals surface area contributed by atoms with Crippen LogP contribution in [0, 0.1) is 0 Å². The molecule has 1 aromatic rings. The van der Waals surface area contributed by atoms with Crippen LogP contribution in [0.15, 0.2) is 35.3 Å². The number of thioether (sulfide) groups is 1. The Hall–Kier alpha value is -0.980.